The van der Waals surface area contributed by atoms with Gasteiger partial charge in [0.05, 0.1) is 6.10 Å². The summed E-state index contributed by atoms with van der Waals surface area (Å²) in [4.78, 5) is 0. The monoisotopic (exact) mass is 150 g/mol. The van der Waals surface area contributed by atoms with E-state index in [4.69, 9.17) is 0 Å². The zero-order valence-electron chi connectivity index (χ0n) is 5.08. The van der Waals surface area contributed by atoms with Gasteiger partial charge in [0.25, 0.3) is 11.0 Å². The molecule has 0 atom stereocenters. The highest BCUT2D eigenvalue weighted by Gasteiger charge is 2.15. The highest BCUT2D eigenvalue weighted by Crippen LogP contribution is 2.20. The molecule has 0 unspecified atom stereocenters. The van der Waals surface area contributed by atoms with Crippen LogP contribution in [0.4, 0.5) is 0 Å². The Morgan fingerprint density at radius 1 is 1.22 bits per heavy atom. The van der Waals surface area contributed by atoms with Crippen LogP contribution in [-0.4, -0.2) is 14.5 Å². The summed E-state index contributed by atoms with van der Waals surface area (Å²) in [6.45, 7) is 0. The SMILES string of the molecule is O=[SH](=O)OC1CCCC1. The molecule has 0 aliphatic heterocycles. The Morgan fingerprint density at radius 3 is 2.22 bits per heavy atom. The van der Waals surface area contributed by atoms with E-state index < -0.39 is 11.0 Å². The minimum absolute atomic E-state index is 0.00823. The maximum atomic E-state index is 9.97. The largest absolute Gasteiger partial charge is 0.269 e. The van der Waals surface area contributed by atoms with Crippen molar-refractivity contribution in [1.29, 1.82) is 0 Å². The van der Waals surface area contributed by atoms with E-state index in [1.54, 1.807) is 0 Å². The fraction of sp³-hybridized carbons (Fsp3) is 1.00. The fourth-order valence-corrected chi connectivity index (χ4v) is 1.57. The number of rotatable bonds is 2. The van der Waals surface area contributed by atoms with Crippen molar-refractivity contribution in [2.75, 3.05) is 0 Å². The molecule has 1 rings (SSSR count). The van der Waals surface area contributed by atoms with E-state index in [9.17, 15) is 8.42 Å². The molecule has 0 amide bonds. The van der Waals surface area contributed by atoms with Crippen LogP contribution < -0.4 is 0 Å². The van der Waals surface area contributed by atoms with E-state index in [1.165, 1.54) is 0 Å². The average Bonchev–Trinajstić information content (AvgIpc) is 2.15. The van der Waals surface area contributed by atoms with Gasteiger partial charge in [-0.05, 0) is 12.8 Å². The van der Waals surface area contributed by atoms with Crippen molar-refractivity contribution in [2.24, 2.45) is 0 Å². The molecule has 0 saturated heterocycles. The van der Waals surface area contributed by atoms with Crippen LogP contribution in [0.5, 0.6) is 0 Å². The smallest absolute Gasteiger partial charge is 0.257 e. The van der Waals surface area contributed by atoms with Crippen LogP contribution >= 0.6 is 0 Å². The maximum Gasteiger partial charge on any atom is 0.257 e. The highest BCUT2D eigenvalue weighted by atomic mass is 32.2. The average molecular weight is 150 g/mol. The van der Waals surface area contributed by atoms with Crippen molar-refractivity contribution in [3.8, 4) is 0 Å². The first kappa shape index (κ1) is 7.02. The second-order valence-corrected chi connectivity index (χ2v) is 2.89. The molecule has 1 saturated carbocycles. The van der Waals surface area contributed by atoms with Gasteiger partial charge in [0.2, 0.25) is 0 Å². The van der Waals surface area contributed by atoms with Gasteiger partial charge < -0.3 is 0 Å². The van der Waals surface area contributed by atoms with Gasteiger partial charge in [0, 0.05) is 0 Å². The van der Waals surface area contributed by atoms with E-state index in [-0.39, 0.29) is 6.10 Å². The molecule has 3 nitrogen and oxygen atoms in total. The molecular weight excluding hydrogens is 140 g/mol. The molecule has 0 bridgehead atoms. The van der Waals surface area contributed by atoms with Gasteiger partial charge in [-0.2, -0.15) is 0 Å². The molecule has 0 aromatic rings. The third kappa shape index (κ3) is 2.32. The molecule has 54 valence electrons. The highest BCUT2D eigenvalue weighted by molar-refractivity contribution is 7.67. The van der Waals surface area contributed by atoms with Gasteiger partial charge in [0.1, 0.15) is 0 Å². The first-order valence-corrected chi connectivity index (χ1v) is 4.20. The lowest BCUT2D eigenvalue weighted by molar-refractivity contribution is 0.227. The Kier molecular flexibility index (Phi) is 2.48. The summed E-state index contributed by atoms with van der Waals surface area (Å²) in [5.41, 5.74) is 0. The van der Waals surface area contributed by atoms with Gasteiger partial charge in [-0.1, -0.05) is 12.8 Å². The first-order valence-electron chi connectivity index (χ1n) is 3.10. The summed E-state index contributed by atoms with van der Waals surface area (Å²) >= 11 is 0. The summed E-state index contributed by atoms with van der Waals surface area (Å²) in [7, 11) is -2.61. The lowest BCUT2D eigenvalue weighted by atomic mass is 10.3. The minimum atomic E-state index is -2.61. The molecular formula is C5H10O3S. The predicted octanol–water partition coefficient (Wildman–Crippen LogP) is 0.472. The van der Waals surface area contributed by atoms with Crippen LogP contribution in [0.1, 0.15) is 25.7 Å². The molecule has 1 aliphatic carbocycles. The predicted molar refractivity (Wildman–Crippen MR) is 33.7 cm³/mol. The summed E-state index contributed by atoms with van der Waals surface area (Å²) in [5, 5.41) is 0. The molecule has 0 radical (unpaired) electrons. The molecule has 0 spiro atoms. The Labute approximate surface area is 56.2 Å². The third-order valence-electron chi connectivity index (χ3n) is 1.54. The summed E-state index contributed by atoms with van der Waals surface area (Å²) in [6, 6.07) is 0. The van der Waals surface area contributed by atoms with Gasteiger partial charge >= 0.3 is 0 Å². The van der Waals surface area contributed by atoms with Gasteiger partial charge in [-0.25, -0.2) is 8.42 Å². The summed E-state index contributed by atoms with van der Waals surface area (Å²) in [5.74, 6) is 0. The van der Waals surface area contributed by atoms with Gasteiger partial charge in [-0.3, -0.25) is 4.18 Å². The van der Waals surface area contributed by atoms with Crippen LogP contribution in [0.3, 0.4) is 0 Å². The van der Waals surface area contributed by atoms with Gasteiger partial charge in [-0.15, -0.1) is 0 Å². The van der Waals surface area contributed by atoms with E-state index in [0.717, 1.165) is 25.7 Å². The van der Waals surface area contributed by atoms with Crippen molar-refractivity contribution < 1.29 is 12.6 Å². The Morgan fingerprint density at radius 2 is 1.78 bits per heavy atom. The molecule has 0 aromatic carbocycles. The van der Waals surface area contributed by atoms with E-state index in [2.05, 4.69) is 4.18 Å². The second kappa shape index (κ2) is 3.17. The van der Waals surface area contributed by atoms with E-state index in [0.29, 0.717) is 0 Å². The molecule has 1 fully saturated rings. The molecule has 0 aromatic heterocycles. The number of hydrogen-bond acceptors (Lipinski definition) is 3. The van der Waals surface area contributed by atoms with Crippen molar-refractivity contribution in [1.82, 2.24) is 0 Å². The molecule has 9 heavy (non-hydrogen) atoms. The lowest BCUT2D eigenvalue weighted by Gasteiger charge is -2.01. The van der Waals surface area contributed by atoms with E-state index >= 15 is 0 Å². The van der Waals surface area contributed by atoms with Gasteiger partial charge in [0.15, 0.2) is 0 Å². The topological polar surface area (TPSA) is 43.4 Å². The van der Waals surface area contributed by atoms with Crippen LogP contribution in [0.15, 0.2) is 0 Å². The maximum absolute atomic E-state index is 9.97. The zero-order chi connectivity index (χ0) is 6.69. The van der Waals surface area contributed by atoms with Crippen LogP contribution in [0, 0.1) is 0 Å². The molecule has 0 heterocycles. The first-order chi connectivity index (χ1) is 4.29. The molecule has 1 aliphatic rings. The third-order valence-corrected chi connectivity index (χ3v) is 2.01. The van der Waals surface area contributed by atoms with Crippen molar-refractivity contribution in [3.63, 3.8) is 0 Å². The standard InChI is InChI=1S/C5H10O3S/c6-9(7)8-5-3-1-2-4-5/h5,9H,1-4H2. The normalized spacial score (nSPS) is 21.4. The lowest BCUT2D eigenvalue weighted by Crippen LogP contribution is -2.04. The second-order valence-electron chi connectivity index (χ2n) is 2.24. The van der Waals surface area contributed by atoms with Crippen molar-refractivity contribution in [2.45, 2.75) is 31.8 Å². The van der Waals surface area contributed by atoms with Crippen LogP contribution in [-0.2, 0) is 15.2 Å². The summed E-state index contributed by atoms with van der Waals surface area (Å²) in [6.07, 6.45) is 4.01. The Hall–Kier alpha value is -0.0900. The summed E-state index contributed by atoms with van der Waals surface area (Å²) < 4.78 is 24.5. The number of thiol groups is 1. The molecule has 0 N–H and O–H groups in total. The van der Waals surface area contributed by atoms with Crippen LogP contribution in [0.2, 0.25) is 0 Å². The van der Waals surface area contributed by atoms with E-state index in [1.807, 2.05) is 0 Å². The minimum Gasteiger partial charge on any atom is -0.269 e. The quantitative estimate of drug-likeness (QED) is 0.582. The van der Waals surface area contributed by atoms with Crippen LogP contribution in [0.25, 0.3) is 0 Å². The molecule has 4 heteroatoms. The fourth-order valence-electron chi connectivity index (χ4n) is 1.12. The Balaban J connectivity index is 2.27. The van der Waals surface area contributed by atoms with Crippen molar-refractivity contribution >= 4 is 11.0 Å². The van der Waals surface area contributed by atoms with Crippen molar-refractivity contribution in [3.05, 3.63) is 0 Å². The Bertz CT molecular complexity index is 138. The number of hydrogen-bond donors (Lipinski definition) is 1. The zero-order valence-corrected chi connectivity index (χ0v) is 5.97.